The predicted molar refractivity (Wildman–Crippen MR) is 145 cm³/mol. The Hall–Kier alpha value is -4.21. The van der Waals surface area contributed by atoms with Crippen LogP contribution in [0.4, 0.5) is 8.78 Å². The quantitative estimate of drug-likeness (QED) is 0.377. The molecule has 1 amide bonds. The van der Waals surface area contributed by atoms with Gasteiger partial charge in [-0.2, -0.15) is 0 Å². The van der Waals surface area contributed by atoms with E-state index in [1.165, 1.54) is 9.13 Å². The van der Waals surface area contributed by atoms with Crippen LogP contribution in [0, 0.1) is 13.8 Å². The van der Waals surface area contributed by atoms with Crippen LogP contribution >= 0.6 is 0 Å². The molecule has 0 aliphatic heterocycles. The molecule has 4 aromatic rings. The number of nitrogens with zero attached hydrogens (tertiary/aromatic N) is 2. The van der Waals surface area contributed by atoms with Gasteiger partial charge in [-0.15, -0.1) is 0 Å². The smallest absolute Gasteiger partial charge is 0.293 e. The fraction of sp³-hybridized carbons (Fsp3) is 0.345. The highest BCUT2D eigenvalue weighted by Crippen LogP contribution is 2.37. The zero-order valence-electron chi connectivity index (χ0n) is 22.2. The molecule has 10 heteroatoms. The van der Waals surface area contributed by atoms with Crippen LogP contribution in [0.3, 0.4) is 0 Å². The Kier molecular flexibility index (Phi) is 6.65. The van der Waals surface area contributed by atoms with Gasteiger partial charge in [-0.1, -0.05) is 18.2 Å². The Labute approximate surface area is 223 Å². The lowest BCUT2D eigenvalue weighted by atomic mass is 9.92. The van der Waals surface area contributed by atoms with E-state index in [4.69, 9.17) is 4.74 Å². The summed E-state index contributed by atoms with van der Waals surface area (Å²) in [5, 5.41) is 3.25. The molecule has 0 atom stereocenters. The summed E-state index contributed by atoms with van der Waals surface area (Å²) in [6.07, 6.45) is 3.03. The van der Waals surface area contributed by atoms with E-state index < -0.39 is 11.8 Å². The van der Waals surface area contributed by atoms with Crippen molar-refractivity contribution in [2.24, 2.45) is 14.1 Å². The summed E-state index contributed by atoms with van der Waals surface area (Å²) in [6, 6.07) is 8.61. The first-order valence-corrected chi connectivity index (χ1v) is 12.8. The molecule has 0 saturated heterocycles. The van der Waals surface area contributed by atoms with Crippen LogP contribution in [0.5, 0.6) is 11.5 Å². The number of hydrogen-bond acceptors (Lipinski definition) is 4. The van der Waals surface area contributed by atoms with Crippen LogP contribution in [0.15, 0.2) is 52.3 Å². The third-order valence-electron chi connectivity index (χ3n) is 7.39. The molecule has 0 unspecified atom stereocenters. The Balaban J connectivity index is 1.59. The minimum Gasteiger partial charge on any atom is -0.450 e. The van der Waals surface area contributed by atoms with E-state index in [-0.39, 0.29) is 59.8 Å². The summed E-state index contributed by atoms with van der Waals surface area (Å²) in [7, 11) is 3.21. The second kappa shape index (κ2) is 9.83. The number of nitrogens with one attached hydrogen (secondary N) is 2. The number of pyridine rings is 2. The summed E-state index contributed by atoms with van der Waals surface area (Å²) < 4.78 is 36.1. The molecular formula is C29H30F2N4O4. The molecule has 0 spiro atoms. The lowest BCUT2D eigenvalue weighted by Crippen LogP contribution is -2.40. The van der Waals surface area contributed by atoms with Gasteiger partial charge in [0.1, 0.15) is 17.0 Å². The normalized spacial score (nSPS) is 15.4. The van der Waals surface area contributed by atoms with Gasteiger partial charge in [0.15, 0.2) is 5.75 Å². The van der Waals surface area contributed by atoms with Crippen molar-refractivity contribution in [3.05, 3.63) is 80.3 Å². The maximum Gasteiger partial charge on any atom is 0.293 e. The first-order chi connectivity index (χ1) is 18.4. The molecule has 8 nitrogen and oxygen atoms in total. The number of aromatic amines is 1. The van der Waals surface area contributed by atoms with Crippen molar-refractivity contribution in [2.45, 2.75) is 51.5 Å². The Morgan fingerprint density at radius 3 is 2.33 bits per heavy atom. The molecule has 0 radical (unpaired) electrons. The molecule has 39 heavy (non-hydrogen) atoms. The van der Waals surface area contributed by atoms with Crippen molar-refractivity contribution in [2.75, 3.05) is 0 Å². The topological polar surface area (TPSA) is 98.1 Å². The van der Waals surface area contributed by atoms with Crippen LogP contribution in [0.1, 0.15) is 47.3 Å². The number of aryl methyl sites for hydroxylation is 4. The number of ether oxygens (including phenoxy) is 1. The molecule has 1 fully saturated rings. The lowest BCUT2D eigenvalue weighted by molar-refractivity contribution is -0.0399. The Morgan fingerprint density at radius 1 is 1.00 bits per heavy atom. The van der Waals surface area contributed by atoms with E-state index in [1.54, 1.807) is 38.6 Å². The van der Waals surface area contributed by atoms with E-state index in [0.29, 0.717) is 22.3 Å². The average Bonchev–Trinajstić information content (AvgIpc) is 3.34. The zero-order valence-corrected chi connectivity index (χ0v) is 22.2. The van der Waals surface area contributed by atoms with E-state index in [9.17, 15) is 23.2 Å². The second-order valence-electron chi connectivity index (χ2n) is 10.3. The molecule has 1 aliphatic carbocycles. The van der Waals surface area contributed by atoms with Gasteiger partial charge in [-0.3, -0.25) is 14.4 Å². The van der Waals surface area contributed by atoms with Crippen molar-refractivity contribution < 1.29 is 18.3 Å². The summed E-state index contributed by atoms with van der Waals surface area (Å²) >= 11 is 0. The molecule has 1 aromatic carbocycles. The highest BCUT2D eigenvalue weighted by atomic mass is 19.3. The van der Waals surface area contributed by atoms with Gasteiger partial charge in [0, 0.05) is 61.9 Å². The van der Waals surface area contributed by atoms with E-state index in [2.05, 4.69) is 10.3 Å². The fourth-order valence-electron chi connectivity index (χ4n) is 5.10. The molecule has 1 aliphatic rings. The number of aromatic nitrogens is 3. The van der Waals surface area contributed by atoms with Crippen molar-refractivity contribution >= 4 is 16.8 Å². The van der Waals surface area contributed by atoms with E-state index in [1.807, 2.05) is 32.0 Å². The number of benzene rings is 1. The maximum atomic E-state index is 13.5. The molecule has 1 saturated carbocycles. The number of hydrogen-bond donors (Lipinski definition) is 2. The molecule has 5 rings (SSSR count). The molecule has 0 bridgehead atoms. The fourth-order valence-corrected chi connectivity index (χ4v) is 5.10. The molecular weight excluding hydrogens is 506 g/mol. The van der Waals surface area contributed by atoms with Crippen molar-refractivity contribution in [1.29, 1.82) is 0 Å². The van der Waals surface area contributed by atoms with Crippen LogP contribution in [-0.2, 0) is 14.1 Å². The number of carbonyl (C=O) groups is 1. The van der Waals surface area contributed by atoms with E-state index in [0.717, 1.165) is 11.1 Å². The average molecular weight is 537 g/mol. The van der Waals surface area contributed by atoms with Gasteiger partial charge in [0.2, 0.25) is 5.92 Å². The highest BCUT2D eigenvalue weighted by Gasteiger charge is 2.35. The number of rotatable bonds is 5. The van der Waals surface area contributed by atoms with Gasteiger partial charge >= 0.3 is 0 Å². The Bertz CT molecular complexity index is 1690. The number of fused-ring (bicyclic) bond motifs is 1. The van der Waals surface area contributed by atoms with Crippen molar-refractivity contribution in [1.82, 2.24) is 19.4 Å². The van der Waals surface area contributed by atoms with E-state index >= 15 is 0 Å². The lowest BCUT2D eigenvalue weighted by Gasteiger charge is -2.28. The summed E-state index contributed by atoms with van der Waals surface area (Å²) in [6.45, 7) is 3.79. The summed E-state index contributed by atoms with van der Waals surface area (Å²) in [5.41, 5.74) is 2.31. The van der Waals surface area contributed by atoms with Gasteiger partial charge < -0.3 is 24.2 Å². The number of alkyl halides is 2. The van der Waals surface area contributed by atoms with Gasteiger partial charge in [0.25, 0.3) is 17.0 Å². The number of H-pyrrole nitrogens is 1. The third-order valence-corrected chi connectivity index (χ3v) is 7.39. The van der Waals surface area contributed by atoms with Crippen LogP contribution in [-0.4, -0.2) is 32.0 Å². The third kappa shape index (κ3) is 4.98. The van der Waals surface area contributed by atoms with Crippen LogP contribution in [0.25, 0.3) is 22.0 Å². The standard InChI is InChI=1S/C29H30F2N4O4/c1-16-6-5-7-17(2)24(16)39-25-19(10-13-34(3)28(25)38)21-15-35(4)27(37)23-20(21)14-22(33-23)26(36)32-18-8-11-29(30,31)12-9-18/h5-7,10,13-15,18,33H,8-9,11-12H2,1-4H3,(H,32,36). The number of halogens is 2. The first-order valence-electron chi connectivity index (χ1n) is 12.8. The number of carbonyl (C=O) groups excluding carboxylic acids is 1. The van der Waals surface area contributed by atoms with Crippen molar-refractivity contribution in [3.8, 4) is 22.6 Å². The zero-order chi connectivity index (χ0) is 28.1. The molecule has 2 N–H and O–H groups in total. The van der Waals surface area contributed by atoms with Gasteiger partial charge in [-0.25, -0.2) is 8.78 Å². The Morgan fingerprint density at radius 2 is 1.67 bits per heavy atom. The monoisotopic (exact) mass is 536 g/mol. The van der Waals surface area contributed by atoms with Crippen LogP contribution < -0.4 is 21.2 Å². The highest BCUT2D eigenvalue weighted by molar-refractivity contribution is 6.03. The summed E-state index contributed by atoms with van der Waals surface area (Å²) in [4.78, 5) is 42.3. The first kappa shape index (κ1) is 26.4. The van der Waals surface area contributed by atoms with Crippen molar-refractivity contribution in [3.63, 3.8) is 0 Å². The minimum absolute atomic E-state index is 0.0904. The predicted octanol–water partition coefficient (Wildman–Crippen LogP) is 4.95. The molecule has 3 aromatic heterocycles. The SMILES string of the molecule is Cc1cccc(C)c1Oc1c(-c2cn(C)c(=O)c3[nH]c(C(=O)NC4CCC(F)(F)CC4)cc23)ccn(C)c1=O. The summed E-state index contributed by atoms with van der Waals surface area (Å²) in [5.74, 6) is -2.53. The van der Waals surface area contributed by atoms with Crippen LogP contribution in [0.2, 0.25) is 0 Å². The molecule has 3 heterocycles. The minimum atomic E-state index is -2.70. The van der Waals surface area contributed by atoms with Gasteiger partial charge in [0.05, 0.1) is 0 Å². The maximum absolute atomic E-state index is 13.5. The number of amides is 1. The largest absolute Gasteiger partial charge is 0.450 e. The molecule has 204 valence electrons. The second-order valence-corrected chi connectivity index (χ2v) is 10.3. The number of para-hydroxylation sites is 1. The van der Waals surface area contributed by atoms with Gasteiger partial charge in [-0.05, 0) is 49.9 Å².